The molecular formula is C14H25N3O2. The van der Waals surface area contributed by atoms with E-state index < -0.39 is 0 Å². The summed E-state index contributed by atoms with van der Waals surface area (Å²) in [6, 6.07) is 0.595. The number of aliphatic hydroxyl groups excluding tert-OH is 1. The Bertz CT molecular complexity index is 322. The SMILES string of the molecule is C=CCNC(=O)N1CCCC1CN1CCCC1CO. The molecule has 0 aliphatic carbocycles. The van der Waals surface area contributed by atoms with Gasteiger partial charge in [-0.3, -0.25) is 4.90 Å². The van der Waals surface area contributed by atoms with Crippen LogP contribution in [0.15, 0.2) is 12.7 Å². The summed E-state index contributed by atoms with van der Waals surface area (Å²) in [5.74, 6) is 0. The van der Waals surface area contributed by atoms with Gasteiger partial charge in [-0.2, -0.15) is 0 Å². The van der Waals surface area contributed by atoms with Crippen LogP contribution in [0.2, 0.25) is 0 Å². The molecule has 0 aromatic rings. The fraction of sp³-hybridized carbons (Fsp3) is 0.786. The first-order chi connectivity index (χ1) is 9.26. The summed E-state index contributed by atoms with van der Waals surface area (Å²) in [5, 5.41) is 12.2. The smallest absolute Gasteiger partial charge is 0.317 e. The lowest BCUT2D eigenvalue weighted by molar-refractivity contribution is 0.127. The minimum Gasteiger partial charge on any atom is -0.395 e. The van der Waals surface area contributed by atoms with Crippen molar-refractivity contribution in [3.63, 3.8) is 0 Å². The van der Waals surface area contributed by atoms with Gasteiger partial charge in [0, 0.05) is 31.7 Å². The Morgan fingerprint density at radius 1 is 1.32 bits per heavy atom. The van der Waals surface area contributed by atoms with E-state index in [9.17, 15) is 9.90 Å². The fourth-order valence-electron chi connectivity index (χ4n) is 3.17. The van der Waals surface area contributed by atoms with E-state index in [2.05, 4.69) is 16.8 Å². The van der Waals surface area contributed by atoms with Crippen molar-refractivity contribution in [2.45, 2.75) is 37.8 Å². The lowest BCUT2D eigenvalue weighted by Gasteiger charge is -2.31. The van der Waals surface area contributed by atoms with E-state index in [0.29, 0.717) is 12.6 Å². The van der Waals surface area contributed by atoms with Crippen LogP contribution in [0.25, 0.3) is 0 Å². The zero-order chi connectivity index (χ0) is 13.7. The molecule has 108 valence electrons. The Balaban J connectivity index is 1.87. The summed E-state index contributed by atoms with van der Waals surface area (Å²) in [6.45, 7) is 7.14. The molecule has 0 bridgehead atoms. The van der Waals surface area contributed by atoms with E-state index in [1.165, 1.54) is 0 Å². The molecule has 2 amide bonds. The van der Waals surface area contributed by atoms with Gasteiger partial charge in [0.2, 0.25) is 0 Å². The Morgan fingerprint density at radius 3 is 2.79 bits per heavy atom. The zero-order valence-electron chi connectivity index (χ0n) is 11.6. The van der Waals surface area contributed by atoms with Crippen LogP contribution in [0.5, 0.6) is 0 Å². The lowest BCUT2D eigenvalue weighted by Crippen LogP contribution is -2.48. The maximum Gasteiger partial charge on any atom is 0.317 e. The van der Waals surface area contributed by atoms with Crippen molar-refractivity contribution in [3.05, 3.63) is 12.7 Å². The molecule has 5 nitrogen and oxygen atoms in total. The predicted octanol–water partition coefficient (Wildman–Crippen LogP) is 0.803. The zero-order valence-corrected chi connectivity index (χ0v) is 11.6. The number of likely N-dealkylation sites (tertiary alicyclic amines) is 2. The molecule has 2 aliphatic rings. The van der Waals surface area contributed by atoms with E-state index >= 15 is 0 Å². The number of urea groups is 1. The van der Waals surface area contributed by atoms with Gasteiger partial charge in [0.05, 0.1) is 6.61 Å². The molecule has 2 fully saturated rings. The van der Waals surface area contributed by atoms with Crippen LogP contribution in [0.4, 0.5) is 4.79 Å². The standard InChI is InChI=1S/C14H25N3O2/c1-2-7-15-14(19)17-9-4-5-12(17)10-16-8-3-6-13(16)11-18/h2,12-13,18H,1,3-11H2,(H,15,19). The topological polar surface area (TPSA) is 55.8 Å². The van der Waals surface area contributed by atoms with Gasteiger partial charge in [0.25, 0.3) is 0 Å². The number of rotatable bonds is 5. The first kappa shape index (κ1) is 14.3. The molecule has 2 N–H and O–H groups in total. The van der Waals surface area contributed by atoms with Gasteiger partial charge in [-0.25, -0.2) is 4.79 Å². The van der Waals surface area contributed by atoms with E-state index in [4.69, 9.17) is 0 Å². The minimum absolute atomic E-state index is 0.0159. The van der Waals surface area contributed by atoms with Crippen molar-refractivity contribution >= 4 is 6.03 Å². The molecule has 2 heterocycles. The largest absolute Gasteiger partial charge is 0.395 e. The third-order valence-corrected chi connectivity index (χ3v) is 4.19. The molecule has 2 atom stereocenters. The molecule has 2 saturated heterocycles. The average molecular weight is 267 g/mol. The van der Waals surface area contributed by atoms with Crippen LogP contribution in [0.1, 0.15) is 25.7 Å². The van der Waals surface area contributed by atoms with Crippen molar-refractivity contribution in [2.24, 2.45) is 0 Å². The second-order valence-corrected chi connectivity index (χ2v) is 5.44. The average Bonchev–Trinajstić information content (AvgIpc) is 3.05. The Labute approximate surface area is 115 Å². The maximum atomic E-state index is 12.0. The molecule has 2 rings (SSSR count). The van der Waals surface area contributed by atoms with E-state index in [1.807, 2.05) is 4.90 Å². The third kappa shape index (κ3) is 3.48. The lowest BCUT2D eigenvalue weighted by atomic mass is 10.2. The molecule has 0 aromatic heterocycles. The number of aliphatic hydroxyl groups is 1. The molecule has 0 radical (unpaired) electrons. The van der Waals surface area contributed by atoms with Gasteiger partial charge >= 0.3 is 6.03 Å². The quantitative estimate of drug-likeness (QED) is 0.725. The van der Waals surface area contributed by atoms with Crippen LogP contribution in [-0.2, 0) is 0 Å². The molecule has 0 aromatic carbocycles. The van der Waals surface area contributed by atoms with E-state index in [1.54, 1.807) is 6.08 Å². The summed E-state index contributed by atoms with van der Waals surface area (Å²) < 4.78 is 0. The number of hydrogen-bond acceptors (Lipinski definition) is 3. The van der Waals surface area contributed by atoms with Crippen LogP contribution < -0.4 is 5.32 Å². The molecule has 19 heavy (non-hydrogen) atoms. The van der Waals surface area contributed by atoms with Gasteiger partial charge in [0.15, 0.2) is 0 Å². The number of hydrogen-bond donors (Lipinski definition) is 2. The highest BCUT2D eigenvalue weighted by atomic mass is 16.3. The first-order valence-electron chi connectivity index (χ1n) is 7.26. The van der Waals surface area contributed by atoms with E-state index in [0.717, 1.165) is 45.3 Å². The Morgan fingerprint density at radius 2 is 2.05 bits per heavy atom. The summed E-state index contributed by atoms with van der Waals surface area (Å²) in [6.07, 6.45) is 6.07. The summed E-state index contributed by atoms with van der Waals surface area (Å²) in [5.41, 5.74) is 0. The highest BCUT2D eigenvalue weighted by Crippen LogP contribution is 2.23. The highest BCUT2D eigenvalue weighted by molar-refractivity contribution is 5.75. The van der Waals surface area contributed by atoms with Gasteiger partial charge in [-0.15, -0.1) is 6.58 Å². The van der Waals surface area contributed by atoms with Gasteiger partial charge in [-0.1, -0.05) is 6.08 Å². The van der Waals surface area contributed by atoms with Crippen LogP contribution >= 0.6 is 0 Å². The molecular weight excluding hydrogens is 242 g/mol. The monoisotopic (exact) mass is 267 g/mol. The van der Waals surface area contributed by atoms with Gasteiger partial charge in [-0.05, 0) is 32.2 Å². The van der Waals surface area contributed by atoms with E-state index in [-0.39, 0.29) is 18.7 Å². The second-order valence-electron chi connectivity index (χ2n) is 5.44. The summed E-state index contributed by atoms with van der Waals surface area (Å²) >= 11 is 0. The highest BCUT2D eigenvalue weighted by Gasteiger charge is 2.33. The first-order valence-corrected chi connectivity index (χ1v) is 7.26. The fourth-order valence-corrected chi connectivity index (χ4v) is 3.17. The second kappa shape index (κ2) is 6.91. The predicted molar refractivity (Wildman–Crippen MR) is 75.0 cm³/mol. The minimum atomic E-state index is 0.0159. The molecule has 0 saturated carbocycles. The van der Waals surface area contributed by atoms with Crippen molar-refractivity contribution in [3.8, 4) is 0 Å². The van der Waals surface area contributed by atoms with Crippen LogP contribution in [-0.4, -0.2) is 65.8 Å². The van der Waals surface area contributed by atoms with Gasteiger partial charge in [0.1, 0.15) is 0 Å². The molecule has 5 heteroatoms. The van der Waals surface area contributed by atoms with Crippen LogP contribution in [0.3, 0.4) is 0 Å². The van der Waals surface area contributed by atoms with Crippen molar-refractivity contribution in [2.75, 3.05) is 32.8 Å². The summed E-state index contributed by atoms with van der Waals surface area (Å²) in [4.78, 5) is 16.3. The van der Waals surface area contributed by atoms with Crippen molar-refractivity contribution in [1.29, 1.82) is 0 Å². The van der Waals surface area contributed by atoms with Crippen molar-refractivity contribution in [1.82, 2.24) is 15.1 Å². The molecule has 0 spiro atoms. The number of nitrogens with zero attached hydrogens (tertiary/aromatic N) is 2. The Kier molecular flexibility index (Phi) is 5.22. The maximum absolute atomic E-state index is 12.0. The number of carbonyl (C=O) groups excluding carboxylic acids is 1. The summed E-state index contributed by atoms with van der Waals surface area (Å²) in [7, 11) is 0. The number of nitrogens with one attached hydrogen (secondary N) is 1. The third-order valence-electron chi connectivity index (χ3n) is 4.19. The van der Waals surface area contributed by atoms with Gasteiger partial charge < -0.3 is 15.3 Å². The Hall–Kier alpha value is -1.07. The molecule has 2 aliphatic heterocycles. The molecule has 2 unspecified atom stereocenters. The van der Waals surface area contributed by atoms with Crippen LogP contribution in [0, 0.1) is 0 Å². The number of carbonyl (C=O) groups is 1. The number of amides is 2. The van der Waals surface area contributed by atoms with Crippen molar-refractivity contribution < 1.29 is 9.90 Å². The normalized spacial score (nSPS) is 27.7.